The van der Waals surface area contributed by atoms with Gasteiger partial charge in [-0.05, 0) is 41.9 Å². The molecule has 0 radical (unpaired) electrons. The molecule has 0 bridgehead atoms. The molecule has 1 saturated carbocycles. The standard InChI is InChI=1S/C24H29N/c1-4-23(2,3)19-13-7-6-12-18(19)22-24(16-10-5-11-17-24)20-14-8-9-15-21(20)25-22/h6-9,12-15H,4-5,10-11,16-17H2,1-3H3. The molecule has 2 aromatic rings. The van der Waals surface area contributed by atoms with Crippen molar-refractivity contribution in [3.05, 3.63) is 65.2 Å². The van der Waals surface area contributed by atoms with E-state index >= 15 is 0 Å². The van der Waals surface area contributed by atoms with Gasteiger partial charge < -0.3 is 0 Å². The summed E-state index contributed by atoms with van der Waals surface area (Å²) in [5, 5.41) is 0. The maximum Gasteiger partial charge on any atom is 0.0675 e. The lowest BCUT2D eigenvalue weighted by Gasteiger charge is -2.38. The van der Waals surface area contributed by atoms with Crippen molar-refractivity contribution in [2.24, 2.45) is 4.99 Å². The van der Waals surface area contributed by atoms with E-state index in [0.717, 1.165) is 6.42 Å². The van der Waals surface area contributed by atoms with Crippen molar-refractivity contribution in [1.29, 1.82) is 0 Å². The first-order valence-corrected chi connectivity index (χ1v) is 9.87. The third-order valence-corrected chi connectivity index (χ3v) is 6.61. The highest BCUT2D eigenvalue weighted by Gasteiger charge is 2.45. The lowest BCUT2D eigenvalue weighted by Crippen LogP contribution is -2.37. The molecular formula is C24H29N. The zero-order chi connectivity index (χ0) is 17.5. The maximum atomic E-state index is 5.22. The molecule has 2 aromatic carbocycles. The summed E-state index contributed by atoms with van der Waals surface area (Å²) in [4.78, 5) is 5.22. The molecular weight excluding hydrogens is 302 g/mol. The van der Waals surface area contributed by atoms with Gasteiger partial charge in [0.1, 0.15) is 0 Å². The minimum Gasteiger partial charge on any atom is -0.252 e. The Balaban J connectivity index is 1.92. The van der Waals surface area contributed by atoms with Gasteiger partial charge in [-0.3, -0.25) is 4.99 Å². The fourth-order valence-corrected chi connectivity index (χ4v) is 4.78. The smallest absolute Gasteiger partial charge is 0.0675 e. The van der Waals surface area contributed by atoms with Gasteiger partial charge in [0.15, 0.2) is 0 Å². The van der Waals surface area contributed by atoms with Gasteiger partial charge in [0, 0.05) is 11.0 Å². The maximum absolute atomic E-state index is 5.22. The Kier molecular flexibility index (Phi) is 4.06. The SMILES string of the molecule is CCC(C)(C)c1ccccc1C1=Nc2ccccc2C12CCCCC2. The van der Waals surface area contributed by atoms with Gasteiger partial charge in [-0.1, -0.05) is 82.5 Å². The second kappa shape index (κ2) is 6.12. The van der Waals surface area contributed by atoms with Crippen LogP contribution in [0.5, 0.6) is 0 Å². The van der Waals surface area contributed by atoms with Crippen molar-refractivity contribution in [3.63, 3.8) is 0 Å². The van der Waals surface area contributed by atoms with Crippen LogP contribution in [0.2, 0.25) is 0 Å². The van der Waals surface area contributed by atoms with Crippen LogP contribution < -0.4 is 0 Å². The number of nitrogens with zero attached hydrogens (tertiary/aromatic N) is 1. The van der Waals surface area contributed by atoms with Gasteiger partial charge in [-0.25, -0.2) is 0 Å². The third-order valence-electron chi connectivity index (χ3n) is 6.61. The van der Waals surface area contributed by atoms with Crippen LogP contribution in [0.3, 0.4) is 0 Å². The van der Waals surface area contributed by atoms with Crippen LogP contribution in [0.1, 0.15) is 76.0 Å². The monoisotopic (exact) mass is 331 g/mol. The summed E-state index contributed by atoms with van der Waals surface area (Å²) in [5.74, 6) is 0. The molecule has 4 rings (SSSR count). The van der Waals surface area contributed by atoms with Crippen molar-refractivity contribution in [3.8, 4) is 0 Å². The molecule has 25 heavy (non-hydrogen) atoms. The van der Waals surface area contributed by atoms with E-state index in [2.05, 4.69) is 69.3 Å². The lowest BCUT2D eigenvalue weighted by atomic mass is 9.64. The van der Waals surface area contributed by atoms with Crippen molar-refractivity contribution >= 4 is 11.4 Å². The second-order valence-corrected chi connectivity index (χ2v) is 8.40. The summed E-state index contributed by atoms with van der Waals surface area (Å²) in [6.07, 6.45) is 7.60. The molecule has 1 heterocycles. The Bertz CT molecular complexity index is 806. The summed E-state index contributed by atoms with van der Waals surface area (Å²) >= 11 is 0. The first-order chi connectivity index (χ1) is 12.1. The van der Waals surface area contributed by atoms with Crippen molar-refractivity contribution in [2.45, 2.75) is 70.1 Å². The molecule has 1 nitrogen and oxygen atoms in total. The van der Waals surface area contributed by atoms with Crippen LogP contribution in [0.4, 0.5) is 5.69 Å². The number of rotatable bonds is 3. The van der Waals surface area contributed by atoms with E-state index < -0.39 is 0 Å². The van der Waals surface area contributed by atoms with Crippen LogP contribution in [0.25, 0.3) is 0 Å². The zero-order valence-electron chi connectivity index (χ0n) is 15.8. The van der Waals surface area contributed by atoms with Gasteiger partial charge in [-0.15, -0.1) is 0 Å². The third kappa shape index (κ3) is 2.56. The van der Waals surface area contributed by atoms with Gasteiger partial charge in [0.05, 0.1) is 11.4 Å². The van der Waals surface area contributed by atoms with Crippen molar-refractivity contribution in [2.75, 3.05) is 0 Å². The Morgan fingerprint density at radius 3 is 2.36 bits per heavy atom. The Morgan fingerprint density at radius 2 is 1.60 bits per heavy atom. The molecule has 1 aliphatic carbocycles. The molecule has 0 saturated heterocycles. The second-order valence-electron chi connectivity index (χ2n) is 8.40. The largest absolute Gasteiger partial charge is 0.252 e. The summed E-state index contributed by atoms with van der Waals surface area (Å²) in [7, 11) is 0. The number of hydrogen-bond donors (Lipinski definition) is 0. The van der Waals surface area contributed by atoms with Gasteiger partial charge >= 0.3 is 0 Å². The molecule has 0 atom stereocenters. The fraction of sp³-hybridized carbons (Fsp3) is 0.458. The van der Waals surface area contributed by atoms with Gasteiger partial charge in [0.25, 0.3) is 0 Å². The van der Waals surface area contributed by atoms with E-state index in [-0.39, 0.29) is 10.8 Å². The molecule has 0 amide bonds. The topological polar surface area (TPSA) is 12.4 Å². The van der Waals surface area contributed by atoms with E-state index in [4.69, 9.17) is 4.99 Å². The van der Waals surface area contributed by atoms with Crippen molar-refractivity contribution < 1.29 is 0 Å². The predicted molar refractivity (Wildman–Crippen MR) is 107 cm³/mol. The fourth-order valence-electron chi connectivity index (χ4n) is 4.78. The number of para-hydroxylation sites is 1. The molecule has 2 aliphatic rings. The normalized spacial score (nSPS) is 18.9. The Labute approximate surface area is 152 Å². The van der Waals surface area contributed by atoms with E-state index in [9.17, 15) is 0 Å². The lowest BCUT2D eigenvalue weighted by molar-refractivity contribution is 0.385. The minimum atomic E-state index is 0.134. The molecule has 1 fully saturated rings. The van der Waals surface area contributed by atoms with Gasteiger partial charge in [-0.2, -0.15) is 0 Å². The summed E-state index contributed by atoms with van der Waals surface area (Å²) in [5.41, 5.74) is 7.14. The van der Waals surface area contributed by atoms with E-state index in [1.165, 1.54) is 60.2 Å². The minimum absolute atomic E-state index is 0.134. The highest BCUT2D eigenvalue weighted by Crippen LogP contribution is 2.51. The summed E-state index contributed by atoms with van der Waals surface area (Å²) in [6, 6.07) is 17.9. The van der Waals surface area contributed by atoms with Crippen LogP contribution in [-0.4, -0.2) is 5.71 Å². The van der Waals surface area contributed by atoms with E-state index in [0.29, 0.717) is 0 Å². The number of hydrogen-bond acceptors (Lipinski definition) is 1. The molecule has 1 aliphatic heterocycles. The molecule has 0 unspecified atom stereocenters. The average Bonchev–Trinajstić information content (AvgIpc) is 2.96. The van der Waals surface area contributed by atoms with E-state index in [1.807, 2.05) is 0 Å². The summed E-state index contributed by atoms with van der Waals surface area (Å²) in [6.45, 7) is 7.02. The molecule has 1 heteroatoms. The number of benzene rings is 2. The average molecular weight is 332 g/mol. The Morgan fingerprint density at radius 1 is 0.920 bits per heavy atom. The zero-order valence-corrected chi connectivity index (χ0v) is 15.8. The number of fused-ring (bicyclic) bond motifs is 2. The quantitative estimate of drug-likeness (QED) is 0.592. The highest BCUT2D eigenvalue weighted by molar-refractivity contribution is 6.13. The van der Waals surface area contributed by atoms with Crippen LogP contribution in [0.15, 0.2) is 53.5 Å². The van der Waals surface area contributed by atoms with Crippen molar-refractivity contribution in [1.82, 2.24) is 0 Å². The summed E-state index contributed by atoms with van der Waals surface area (Å²) < 4.78 is 0. The van der Waals surface area contributed by atoms with Crippen LogP contribution in [-0.2, 0) is 10.8 Å². The van der Waals surface area contributed by atoms with Gasteiger partial charge in [0.2, 0.25) is 0 Å². The number of aliphatic imine (C=N–C) groups is 1. The highest BCUT2D eigenvalue weighted by atomic mass is 14.8. The Hall–Kier alpha value is -1.89. The predicted octanol–water partition coefficient (Wildman–Crippen LogP) is 6.71. The van der Waals surface area contributed by atoms with Crippen LogP contribution >= 0.6 is 0 Å². The molecule has 1 spiro atoms. The first kappa shape index (κ1) is 16.6. The molecule has 0 N–H and O–H groups in total. The van der Waals surface area contributed by atoms with E-state index in [1.54, 1.807) is 0 Å². The van der Waals surface area contributed by atoms with Crippen LogP contribution in [0, 0.1) is 0 Å². The molecule has 0 aromatic heterocycles. The molecule has 130 valence electrons. The first-order valence-electron chi connectivity index (χ1n) is 9.87.